The predicted molar refractivity (Wildman–Crippen MR) is 73.2 cm³/mol. The second-order valence-corrected chi connectivity index (χ2v) is 5.66. The maximum atomic E-state index is 13.1. The number of nitrogens with zero attached hydrogens (tertiary/aromatic N) is 1. The van der Waals surface area contributed by atoms with Crippen molar-refractivity contribution in [1.82, 2.24) is 4.90 Å². The van der Waals surface area contributed by atoms with Crippen LogP contribution in [-0.4, -0.2) is 23.3 Å². The lowest BCUT2D eigenvalue weighted by Crippen LogP contribution is -2.33. The van der Waals surface area contributed by atoms with E-state index in [-0.39, 0.29) is 5.82 Å². The van der Waals surface area contributed by atoms with Crippen molar-refractivity contribution in [2.45, 2.75) is 19.4 Å². The van der Waals surface area contributed by atoms with E-state index in [1.54, 1.807) is 12.1 Å². The Labute approximate surface area is 115 Å². The molecule has 17 heavy (non-hydrogen) atoms. The Morgan fingerprint density at radius 1 is 1.35 bits per heavy atom. The van der Waals surface area contributed by atoms with Gasteiger partial charge in [-0.2, -0.15) is 0 Å². The van der Waals surface area contributed by atoms with Crippen molar-refractivity contribution in [1.29, 1.82) is 0 Å². The molecule has 0 bridgehead atoms. The first-order valence-electron chi connectivity index (χ1n) is 5.91. The van der Waals surface area contributed by atoms with E-state index >= 15 is 0 Å². The van der Waals surface area contributed by atoms with Crippen LogP contribution < -0.4 is 0 Å². The Morgan fingerprint density at radius 3 is 2.71 bits per heavy atom. The fourth-order valence-electron chi connectivity index (χ4n) is 2.20. The van der Waals surface area contributed by atoms with E-state index in [2.05, 4.69) is 20.8 Å². The van der Waals surface area contributed by atoms with E-state index in [0.717, 1.165) is 36.4 Å². The van der Waals surface area contributed by atoms with Gasteiger partial charge in [-0.1, -0.05) is 27.5 Å². The summed E-state index contributed by atoms with van der Waals surface area (Å²) in [6, 6.07) is 4.58. The highest BCUT2D eigenvalue weighted by Gasteiger charge is 2.18. The van der Waals surface area contributed by atoms with Crippen molar-refractivity contribution < 1.29 is 4.39 Å². The zero-order valence-electron chi connectivity index (χ0n) is 9.63. The molecule has 0 spiro atoms. The monoisotopic (exact) mass is 319 g/mol. The van der Waals surface area contributed by atoms with Gasteiger partial charge in [-0.05, 0) is 55.6 Å². The van der Waals surface area contributed by atoms with Gasteiger partial charge in [-0.3, -0.25) is 4.90 Å². The van der Waals surface area contributed by atoms with E-state index in [1.165, 1.54) is 18.9 Å². The Balaban J connectivity index is 1.95. The van der Waals surface area contributed by atoms with Crippen molar-refractivity contribution >= 4 is 27.5 Å². The number of piperidine rings is 1. The zero-order chi connectivity index (χ0) is 12.3. The summed E-state index contributed by atoms with van der Waals surface area (Å²) in [6.45, 7) is 2.90. The summed E-state index contributed by atoms with van der Waals surface area (Å²) in [6.07, 6.45) is 2.41. The molecule has 0 aliphatic carbocycles. The predicted octanol–water partition coefficient (Wildman–Crippen LogP) is 4.09. The zero-order valence-corrected chi connectivity index (χ0v) is 12.0. The van der Waals surface area contributed by atoms with Gasteiger partial charge in [0, 0.05) is 16.9 Å². The van der Waals surface area contributed by atoms with Gasteiger partial charge in [0.2, 0.25) is 0 Å². The number of alkyl halides is 1. The van der Waals surface area contributed by atoms with E-state index < -0.39 is 0 Å². The van der Waals surface area contributed by atoms with Gasteiger partial charge in [0.05, 0.1) is 0 Å². The summed E-state index contributed by atoms with van der Waals surface area (Å²) in [5.74, 6) is 0.578. The molecule has 2 rings (SSSR count). The van der Waals surface area contributed by atoms with Crippen LogP contribution in [0.3, 0.4) is 0 Å². The molecule has 0 saturated carbocycles. The van der Waals surface area contributed by atoms with Gasteiger partial charge < -0.3 is 0 Å². The molecular weight excluding hydrogens is 305 g/mol. The first-order chi connectivity index (χ1) is 8.19. The fourth-order valence-corrected chi connectivity index (χ4v) is 3.03. The topological polar surface area (TPSA) is 3.24 Å². The Morgan fingerprint density at radius 2 is 2.06 bits per heavy atom. The molecule has 0 radical (unpaired) electrons. The maximum Gasteiger partial charge on any atom is 0.123 e. The number of rotatable bonds is 3. The molecule has 0 amide bonds. The standard InChI is InChI=1S/C13H16BrClFN/c14-8-10-3-5-17(6-4-10)9-11-7-12(16)1-2-13(11)15/h1-2,7,10H,3-6,8-9H2. The van der Waals surface area contributed by atoms with Gasteiger partial charge in [0.15, 0.2) is 0 Å². The normalized spacial score (nSPS) is 18.5. The quantitative estimate of drug-likeness (QED) is 0.758. The van der Waals surface area contributed by atoms with E-state index in [9.17, 15) is 4.39 Å². The van der Waals surface area contributed by atoms with Crippen molar-refractivity contribution in [3.63, 3.8) is 0 Å². The summed E-state index contributed by atoms with van der Waals surface area (Å²) in [4.78, 5) is 2.35. The molecule has 1 aromatic rings. The molecule has 0 atom stereocenters. The number of benzene rings is 1. The molecule has 0 N–H and O–H groups in total. The lowest BCUT2D eigenvalue weighted by atomic mass is 9.99. The minimum atomic E-state index is -0.209. The third-order valence-electron chi connectivity index (χ3n) is 3.33. The van der Waals surface area contributed by atoms with Gasteiger partial charge in [0.1, 0.15) is 5.82 Å². The SMILES string of the molecule is Fc1ccc(Cl)c(CN2CCC(CBr)CC2)c1. The van der Waals surface area contributed by atoms with Crippen LogP contribution in [0.25, 0.3) is 0 Å². The van der Waals surface area contributed by atoms with E-state index in [4.69, 9.17) is 11.6 Å². The summed E-state index contributed by atoms with van der Waals surface area (Å²) in [5.41, 5.74) is 0.893. The first kappa shape index (κ1) is 13.3. The molecule has 1 aromatic carbocycles. The van der Waals surface area contributed by atoms with Crippen molar-refractivity contribution in [3.05, 3.63) is 34.6 Å². The minimum absolute atomic E-state index is 0.209. The van der Waals surface area contributed by atoms with Gasteiger partial charge in [-0.15, -0.1) is 0 Å². The molecule has 1 heterocycles. The van der Waals surface area contributed by atoms with Gasteiger partial charge in [0.25, 0.3) is 0 Å². The van der Waals surface area contributed by atoms with Crippen molar-refractivity contribution in [2.24, 2.45) is 5.92 Å². The minimum Gasteiger partial charge on any atom is -0.299 e. The van der Waals surface area contributed by atoms with Crippen LogP contribution in [0, 0.1) is 11.7 Å². The Hall–Kier alpha value is -0.120. The average molecular weight is 321 g/mol. The van der Waals surface area contributed by atoms with Gasteiger partial charge >= 0.3 is 0 Å². The summed E-state index contributed by atoms with van der Waals surface area (Å²) in [5, 5.41) is 1.75. The molecule has 4 heteroatoms. The lowest BCUT2D eigenvalue weighted by Gasteiger charge is -2.31. The Kier molecular flexibility index (Phi) is 4.83. The van der Waals surface area contributed by atoms with Crippen LogP contribution >= 0.6 is 27.5 Å². The summed E-state index contributed by atoms with van der Waals surface area (Å²) >= 11 is 9.60. The third kappa shape index (κ3) is 3.67. The van der Waals surface area contributed by atoms with Crippen LogP contribution in [0.1, 0.15) is 18.4 Å². The highest BCUT2D eigenvalue weighted by Crippen LogP contribution is 2.23. The smallest absolute Gasteiger partial charge is 0.123 e. The highest BCUT2D eigenvalue weighted by atomic mass is 79.9. The molecule has 1 nitrogen and oxygen atoms in total. The number of likely N-dealkylation sites (tertiary alicyclic amines) is 1. The van der Waals surface area contributed by atoms with E-state index in [0.29, 0.717) is 5.02 Å². The number of halogens is 3. The van der Waals surface area contributed by atoms with Crippen molar-refractivity contribution in [3.8, 4) is 0 Å². The van der Waals surface area contributed by atoms with Crippen LogP contribution in [-0.2, 0) is 6.54 Å². The van der Waals surface area contributed by atoms with Crippen LogP contribution in [0.15, 0.2) is 18.2 Å². The number of hydrogen-bond donors (Lipinski definition) is 0. The molecule has 1 saturated heterocycles. The molecular formula is C13H16BrClFN. The molecule has 1 aliphatic heterocycles. The molecule has 0 aromatic heterocycles. The van der Waals surface area contributed by atoms with Crippen LogP contribution in [0.4, 0.5) is 4.39 Å². The van der Waals surface area contributed by atoms with E-state index in [1.807, 2.05) is 0 Å². The van der Waals surface area contributed by atoms with Crippen LogP contribution in [0.5, 0.6) is 0 Å². The fraction of sp³-hybridized carbons (Fsp3) is 0.538. The molecule has 94 valence electrons. The van der Waals surface area contributed by atoms with Crippen molar-refractivity contribution in [2.75, 3.05) is 18.4 Å². The second-order valence-electron chi connectivity index (χ2n) is 4.61. The first-order valence-corrected chi connectivity index (χ1v) is 7.41. The maximum absolute atomic E-state index is 13.1. The highest BCUT2D eigenvalue weighted by molar-refractivity contribution is 9.09. The molecule has 0 unspecified atom stereocenters. The summed E-state index contributed by atoms with van der Waals surface area (Å²) in [7, 11) is 0. The third-order valence-corrected chi connectivity index (χ3v) is 4.61. The molecule has 1 aliphatic rings. The summed E-state index contributed by atoms with van der Waals surface area (Å²) < 4.78 is 13.1. The Bertz CT molecular complexity index is 378. The van der Waals surface area contributed by atoms with Gasteiger partial charge in [-0.25, -0.2) is 4.39 Å². The largest absolute Gasteiger partial charge is 0.299 e. The van der Waals surface area contributed by atoms with Crippen LogP contribution in [0.2, 0.25) is 5.02 Å². The number of hydrogen-bond acceptors (Lipinski definition) is 1. The lowest BCUT2D eigenvalue weighted by molar-refractivity contribution is 0.187. The second kappa shape index (κ2) is 6.17. The molecule has 1 fully saturated rings. The average Bonchev–Trinajstić information content (AvgIpc) is 2.35.